The first-order valence-electron chi connectivity index (χ1n) is 10.5. The maximum absolute atomic E-state index is 12.8. The van der Waals surface area contributed by atoms with Gasteiger partial charge in [0.1, 0.15) is 6.61 Å². The van der Waals surface area contributed by atoms with Crippen molar-refractivity contribution < 1.29 is 32.2 Å². The molecule has 0 aliphatic heterocycles. The third-order valence-electron chi connectivity index (χ3n) is 4.90. The van der Waals surface area contributed by atoms with Crippen molar-refractivity contribution in [3.63, 3.8) is 0 Å². The van der Waals surface area contributed by atoms with Crippen molar-refractivity contribution in [2.24, 2.45) is 5.10 Å². The van der Waals surface area contributed by atoms with Gasteiger partial charge in [0.05, 0.1) is 18.4 Å². The van der Waals surface area contributed by atoms with Gasteiger partial charge < -0.3 is 14.8 Å². The second kappa shape index (κ2) is 11.6. The highest BCUT2D eigenvalue weighted by atomic mass is 35.5. The molecule has 0 heterocycles. The highest BCUT2D eigenvalue weighted by Gasteiger charge is 2.30. The molecule has 188 valence electrons. The van der Waals surface area contributed by atoms with Crippen LogP contribution < -0.4 is 20.2 Å². The Morgan fingerprint density at radius 3 is 2.42 bits per heavy atom. The van der Waals surface area contributed by atoms with Crippen LogP contribution in [0.1, 0.15) is 23.6 Å². The summed E-state index contributed by atoms with van der Waals surface area (Å²) in [6.07, 6.45) is -4.58. The lowest BCUT2D eigenvalue weighted by molar-refractivity contribution is -0.137. The molecule has 0 saturated heterocycles. The minimum absolute atomic E-state index is 0.178. The minimum Gasteiger partial charge on any atom is -0.493 e. The Morgan fingerprint density at radius 2 is 1.72 bits per heavy atom. The molecule has 2 N–H and O–H groups in total. The third-order valence-corrected chi connectivity index (χ3v) is 5.27. The molecule has 0 bridgehead atoms. The zero-order valence-corrected chi connectivity index (χ0v) is 19.9. The van der Waals surface area contributed by atoms with Gasteiger partial charge in [-0.1, -0.05) is 35.9 Å². The molecule has 3 aromatic rings. The Balaban J connectivity index is 1.63. The monoisotopic (exact) mass is 519 g/mol. The van der Waals surface area contributed by atoms with Crippen molar-refractivity contribution in [2.75, 3.05) is 12.4 Å². The minimum atomic E-state index is -4.58. The summed E-state index contributed by atoms with van der Waals surface area (Å²) in [4.78, 5) is 24.1. The van der Waals surface area contributed by atoms with Crippen LogP contribution in [0.2, 0.25) is 5.02 Å². The van der Waals surface area contributed by atoms with Crippen molar-refractivity contribution in [1.29, 1.82) is 0 Å². The van der Waals surface area contributed by atoms with Crippen molar-refractivity contribution in [1.82, 2.24) is 5.43 Å². The molecule has 11 heteroatoms. The lowest BCUT2D eigenvalue weighted by Crippen LogP contribution is -2.33. The highest BCUT2D eigenvalue weighted by molar-refractivity contribution is 6.39. The van der Waals surface area contributed by atoms with Gasteiger partial charge in [-0.25, -0.2) is 5.43 Å². The largest absolute Gasteiger partial charge is 0.493 e. The summed E-state index contributed by atoms with van der Waals surface area (Å²) >= 11 is 6.15. The van der Waals surface area contributed by atoms with Gasteiger partial charge in [-0.15, -0.1) is 0 Å². The van der Waals surface area contributed by atoms with E-state index in [1.165, 1.54) is 13.2 Å². The van der Waals surface area contributed by atoms with Gasteiger partial charge in [0, 0.05) is 21.8 Å². The molecular weight excluding hydrogens is 499 g/mol. The van der Waals surface area contributed by atoms with Crippen LogP contribution in [0, 0.1) is 0 Å². The van der Waals surface area contributed by atoms with Crippen molar-refractivity contribution >= 4 is 34.8 Å². The molecule has 3 rings (SSSR count). The summed E-state index contributed by atoms with van der Waals surface area (Å²) in [6.45, 7) is 1.81. The smallest absolute Gasteiger partial charge is 0.416 e. The molecule has 0 fully saturated rings. The number of alkyl halides is 3. The summed E-state index contributed by atoms with van der Waals surface area (Å²) < 4.78 is 49.6. The zero-order valence-electron chi connectivity index (χ0n) is 19.2. The standard InChI is InChI=1S/C25H21ClF3N3O4/c1-15(31-32-24(34)23(33)30-19-8-5-7-18(13-19)25(27,28)29)16-10-11-21(22(12-16)35-2)36-14-17-6-3-4-9-20(17)26/h3-13H,14H2,1-2H3,(H,30,33)(H,32,34). The van der Waals surface area contributed by atoms with Gasteiger partial charge in [0.2, 0.25) is 0 Å². The van der Waals surface area contributed by atoms with Gasteiger partial charge in [-0.05, 0) is 49.4 Å². The van der Waals surface area contributed by atoms with E-state index in [2.05, 4.69) is 15.8 Å². The number of hydrogen-bond donors (Lipinski definition) is 2. The first kappa shape index (κ1) is 26.6. The molecule has 0 spiro atoms. The Labute approximate surface area is 209 Å². The summed E-state index contributed by atoms with van der Waals surface area (Å²) in [5.41, 5.74) is 2.65. The van der Waals surface area contributed by atoms with Gasteiger partial charge >= 0.3 is 18.0 Å². The van der Waals surface area contributed by atoms with Crippen LogP contribution in [-0.2, 0) is 22.4 Å². The SMILES string of the molecule is COc1cc(C(C)=NNC(=O)C(=O)Nc2cccc(C(F)(F)F)c2)ccc1OCc1ccccc1Cl. The topological polar surface area (TPSA) is 89.0 Å². The summed E-state index contributed by atoms with van der Waals surface area (Å²) in [6, 6.07) is 16.2. The Kier molecular flexibility index (Phi) is 8.55. The van der Waals surface area contributed by atoms with E-state index in [9.17, 15) is 22.8 Å². The molecule has 0 radical (unpaired) electrons. The van der Waals surface area contributed by atoms with Gasteiger partial charge in [0.15, 0.2) is 11.5 Å². The second-order valence-electron chi connectivity index (χ2n) is 7.42. The van der Waals surface area contributed by atoms with E-state index in [0.29, 0.717) is 27.8 Å². The zero-order chi connectivity index (χ0) is 26.3. The Morgan fingerprint density at radius 1 is 0.972 bits per heavy atom. The first-order chi connectivity index (χ1) is 17.1. The molecule has 7 nitrogen and oxygen atoms in total. The van der Waals surface area contributed by atoms with Crippen LogP contribution in [0.4, 0.5) is 18.9 Å². The third kappa shape index (κ3) is 6.98. The first-order valence-corrected chi connectivity index (χ1v) is 10.8. The summed E-state index contributed by atoms with van der Waals surface area (Å²) in [5.74, 6) is -1.47. The predicted octanol–water partition coefficient (Wildman–Crippen LogP) is 5.43. The Hall–Kier alpha value is -4.05. The van der Waals surface area contributed by atoms with E-state index < -0.39 is 23.6 Å². The summed E-state index contributed by atoms with van der Waals surface area (Å²) in [7, 11) is 1.47. The molecule has 36 heavy (non-hydrogen) atoms. The number of carbonyl (C=O) groups is 2. The lowest BCUT2D eigenvalue weighted by Gasteiger charge is -2.13. The van der Waals surface area contributed by atoms with Crippen molar-refractivity contribution in [3.05, 3.63) is 88.4 Å². The molecule has 0 aromatic heterocycles. The van der Waals surface area contributed by atoms with E-state index in [1.54, 1.807) is 31.2 Å². The van der Waals surface area contributed by atoms with Crippen LogP contribution in [-0.4, -0.2) is 24.6 Å². The number of nitrogens with zero attached hydrogens (tertiary/aromatic N) is 1. The average molecular weight is 520 g/mol. The predicted molar refractivity (Wildman–Crippen MR) is 129 cm³/mol. The number of amides is 2. The van der Waals surface area contributed by atoms with Gasteiger partial charge in [-0.2, -0.15) is 18.3 Å². The lowest BCUT2D eigenvalue weighted by atomic mass is 10.1. The number of hydrogen-bond acceptors (Lipinski definition) is 5. The number of nitrogens with one attached hydrogen (secondary N) is 2. The van der Waals surface area contributed by atoms with E-state index in [-0.39, 0.29) is 12.3 Å². The number of halogens is 4. The molecule has 0 unspecified atom stereocenters. The maximum atomic E-state index is 12.8. The molecule has 3 aromatic carbocycles. The molecule has 0 aliphatic carbocycles. The normalized spacial score (nSPS) is 11.6. The van der Waals surface area contributed by atoms with E-state index in [4.69, 9.17) is 21.1 Å². The maximum Gasteiger partial charge on any atom is 0.416 e. The highest BCUT2D eigenvalue weighted by Crippen LogP contribution is 2.31. The number of anilines is 1. The van der Waals surface area contributed by atoms with E-state index in [0.717, 1.165) is 23.8 Å². The molecule has 0 aliphatic rings. The quantitative estimate of drug-likeness (QED) is 0.248. The molecule has 2 amide bonds. The number of ether oxygens (including phenoxy) is 2. The number of methoxy groups -OCH3 is 1. The van der Waals surface area contributed by atoms with Crippen LogP contribution >= 0.6 is 11.6 Å². The van der Waals surface area contributed by atoms with E-state index >= 15 is 0 Å². The molecule has 0 saturated carbocycles. The molecular formula is C25H21ClF3N3O4. The van der Waals surface area contributed by atoms with Crippen molar-refractivity contribution in [3.8, 4) is 11.5 Å². The van der Waals surface area contributed by atoms with Crippen LogP contribution in [0.15, 0.2) is 71.8 Å². The van der Waals surface area contributed by atoms with Crippen molar-refractivity contribution in [2.45, 2.75) is 19.7 Å². The van der Waals surface area contributed by atoms with Crippen LogP contribution in [0.5, 0.6) is 11.5 Å². The van der Waals surface area contributed by atoms with E-state index in [1.807, 2.05) is 18.2 Å². The summed E-state index contributed by atoms with van der Waals surface area (Å²) in [5, 5.41) is 6.57. The second-order valence-corrected chi connectivity index (χ2v) is 7.82. The number of rotatable bonds is 7. The van der Waals surface area contributed by atoms with Gasteiger partial charge in [0.25, 0.3) is 0 Å². The van der Waals surface area contributed by atoms with Gasteiger partial charge in [-0.3, -0.25) is 9.59 Å². The number of carbonyl (C=O) groups excluding carboxylic acids is 2. The fourth-order valence-electron chi connectivity index (χ4n) is 2.99. The fourth-order valence-corrected chi connectivity index (χ4v) is 3.18. The fraction of sp³-hybridized carbons (Fsp3) is 0.160. The van der Waals surface area contributed by atoms with Crippen LogP contribution in [0.3, 0.4) is 0 Å². The number of benzene rings is 3. The Bertz CT molecular complexity index is 1300. The average Bonchev–Trinajstić information content (AvgIpc) is 2.86. The molecule has 0 atom stereocenters. The van der Waals surface area contributed by atoms with Crippen LogP contribution in [0.25, 0.3) is 0 Å². The number of hydrazone groups is 1.